The first-order chi connectivity index (χ1) is 12.7. The highest BCUT2D eigenvalue weighted by Crippen LogP contribution is 2.21. The molecule has 3 aromatic rings. The van der Waals surface area contributed by atoms with E-state index in [0.29, 0.717) is 30.1 Å². The lowest BCUT2D eigenvalue weighted by Crippen LogP contribution is -2.25. The smallest absolute Gasteiger partial charge is 0.251 e. The fourth-order valence-corrected chi connectivity index (χ4v) is 3.04. The van der Waals surface area contributed by atoms with E-state index in [1.807, 2.05) is 24.4 Å². The number of anilines is 1. The zero-order valence-corrected chi connectivity index (χ0v) is 14.4. The molecule has 5 nitrogen and oxygen atoms in total. The molecule has 0 radical (unpaired) electrons. The van der Waals surface area contributed by atoms with Gasteiger partial charge in [0, 0.05) is 40.8 Å². The van der Waals surface area contributed by atoms with Crippen molar-refractivity contribution in [2.75, 3.05) is 5.32 Å². The number of nitrogens with one attached hydrogen (secondary N) is 3. The summed E-state index contributed by atoms with van der Waals surface area (Å²) >= 11 is 0. The van der Waals surface area contributed by atoms with Crippen LogP contribution in [0, 0.1) is 0 Å². The van der Waals surface area contributed by atoms with Gasteiger partial charge in [0.15, 0.2) is 0 Å². The molecule has 2 aromatic carbocycles. The first-order valence-electron chi connectivity index (χ1n) is 8.95. The van der Waals surface area contributed by atoms with Crippen molar-refractivity contribution in [1.82, 2.24) is 10.3 Å². The number of fused-ring (bicyclic) bond motifs is 1. The lowest BCUT2D eigenvalue weighted by molar-refractivity contribution is -0.116. The predicted molar refractivity (Wildman–Crippen MR) is 102 cm³/mol. The normalized spacial score (nSPS) is 13.5. The van der Waals surface area contributed by atoms with Gasteiger partial charge in [0.05, 0.1) is 0 Å². The first-order valence-corrected chi connectivity index (χ1v) is 8.95. The van der Waals surface area contributed by atoms with E-state index in [-0.39, 0.29) is 11.8 Å². The van der Waals surface area contributed by atoms with Crippen LogP contribution in [0.25, 0.3) is 10.9 Å². The van der Waals surface area contributed by atoms with Crippen LogP contribution in [0.3, 0.4) is 0 Å². The molecule has 1 saturated carbocycles. The number of aromatic nitrogens is 1. The highest BCUT2D eigenvalue weighted by molar-refractivity contribution is 5.97. The van der Waals surface area contributed by atoms with Gasteiger partial charge in [0.2, 0.25) is 5.91 Å². The maximum Gasteiger partial charge on any atom is 0.251 e. The average Bonchev–Trinajstić information content (AvgIpc) is 3.37. The molecule has 3 N–H and O–H groups in total. The molecule has 1 fully saturated rings. The lowest BCUT2D eigenvalue weighted by Gasteiger charge is -2.08. The zero-order chi connectivity index (χ0) is 17.9. The van der Waals surface area contributed by atoms with Crippen molar-refractivity contribution in [3.05, 3.63) is 65.9 Å². The number of hydrogen-bond donors (Lipinski definition) is 3. The Morgan fingerprint density at radius 1 is 1.08 bits per heavy atom. The molecule has 0 saturated heterocycles. The molecule has 1 aromatic heterocycles. The Bertz CT molecular complexity index is 957. The molecule has 5 heteroatoms. The van der Waals surface area contributed by atoms with Crippen LogP contribution < -0.4 is 10.6 Å². The van der Waals surface area contributed by atoms with Crippen LogP contribution in [0.4, 0.5) is 5.69 Å². The van der Waals surface area contributed by atoms with Crippen LogP contribution in [-0.4, -0.2) is 22.8 Å². The number of carbonyl (C=O) groups excluding carboxylic acids is 2. The summed E-state index contributed by atoms with van der Waals surface area (Å²) < 4.78 is 0. The summed E-state index contributed by atoms with van der Waals surface area (Å²) in [6, 6.07) is 15.5. The standard InChI is InChI=1S/C21H21N3O2/c25-20(11-8-15-13-22-19-7-2-1-6-18(15)19)23-17-5-3-4-14(12-17)21(26)24-16-9-10-16/h1-7,12-13,16,22H,8-11H2,(H,23,25)(H,24,26). The number of aromatic amines is 1. The predicted octanol–water partition coefficient (Wildman–Crippen LogP) is 3.63. The van der Waals surface area contributed by atoms with Gasteiger partial charge >= 0.3 is 0 Å². The molecule has 0 spiro atoms. The topological polar surface area (TPSA) is 74.0 Å². The first kappa shape index (κ1) is 16.4. The van der Waals surface area contributed by atoms with Crippen molar-refractivity contribution in [3.8, 4) is 0 Å². The minimum atomic E-state index is -0.0811. The Hall–Kier alpha value is -3.08. The number of amides is 2. The van der Waals surface area contributed by atoms with Gasteiger partial charge < -0.3 is 15.6 Å². The Labute approximate surface area is 151 Å². The van der Waals surface area contributed by atoms with Gasteiger partial charge in [-0.1, -0.05) is 24.3 Å². The molecule has 4 rings (SSSR count). The van der Waals surface area contributed by atoms with Gasteiger partial charge in [0.1, 0.15) is 0 Å². The van der Waals surface area contributed by atoms with Crippen molar-refractivity contribution in [2.24, 2.45) is 0 Å². The van der Waals surface area contributed by atoms with Gasteiger partial charge in [-0.15, -0.1) is 0 Å². The number of carbonyl (C=O) groups is 2. The summed E-state index contributed by atoms with van der Waals surface area (Å²) in [5.74, 6) is -0.141. The van der Waals surface area contributed by atoms with Gasteiger partial charge in [0.25, 0.3) is 5.91 Å². The third kappa shape index (κ3) is 3.77. The maximum absolute atomic E-state index is 12.3. The lowest BCUT2D eigenvalue weighted by atomic mass is 10.1. The molecule has 132 valence electrons. The number of hydrogen-bond acceptors (Lipinski definition) is 2. The molecule has 0 unspecified atom stereocenters. The summed E-state index contributed by atoms with van der Waals surface area (Å²) in [5, 5.41) is 7.00. The van der Waals surface area contributed by atoms with E-state index in [2.05, 4.69) is 21.7 Å². The summed E-state index contributed by atoms with van der Waals surface area (Å²) in [7, 11) is 0. The van der Waals surface area contributed by atoms with E-state index in [9.17, 15) is 9.59 Å². The quantitative estimate of drug-likeness (QED) is 0.637. The molecule has 1 heterocycles. The molecular weight excluding hydrogens is 326 g/mol. The summed E-state index contributed by atoms with van der Waals surface area (Å²) in [5.41, 5.74) is 3.44. The van der Waals surface area contributed by atoms with E-state index in [1.165, 1.54) is 0 Å². The molecular formula is C21H21N3O2. The molecule has 2 amide bonds. The van der Waals surface area contributed by atoms with Gasteiger partial charge in [-0.2, -0.15) is 0 Å². The van der Waals surface area contributed by atoms with Crippen LogP contribution in [0.15, 0.2) is 54.7 Å². The van der Waals surface area contributed by atoms with E-state index < -0.39 is 0 Å². The average molecular weight is 347 g/mol. The largest absolute Gasteiger partial charge is 0.361 e. The zero-order valence-electron chi connectivity index (χ0n) is 14.4. The van der Waals surface area contributed by atoms with E-state index in [0.717, 1.165) is 29.3 Å². The Balaban J connectivity index is 1.36. The second-order valence-corrected chi connectivity index (χ2v) is 6.74. The van der Waals surface area contributed by atoms with Gasteiger partial charge in [-0.05, 0) is 49.1 Å². The Kier molecular flexibility index (Phi) is 4.44. The van der Waals surface area contributed by atoms with Crippen LogP contribution in [-0.2, 0) is 11.2 Å². The van der Waals surface area contributed by atoms with Crippen LogP contribution in [0.5, 0.6) is 0 Å². The SMILES string of the molecule is O=C(CCc1c[nH]c2ccccc12)Nc1cccc(C(=O)NC2CC2)c1. The molecule has 26 heavy (non-hydrogen) atoms. The minimum Gasteiger partial charge on any atom is -0.361 e. The van der Waals surface area contributed by atoms with E-state index in [4.69, 9.17) is 0 Å². The number of H-pyrrole nitrogens is 1. The third-order valence-corrected chi connectivity index (χ3v) is 4.62. The Morgan fingerprint density at radius 3 is 2.77 bits per heavy atom. The fourth-order valence-electron chi connectivity index (χ4n) is 3.04. The summed E-state index contributed by atoms with van der Waals surface area (Å²) in [6.45, 7) is 0. The van der Waals surface area contributed by atoms with Crippen LogP contribution >= 0.6 is 0 Å². The highest BCUT2D eigenvalue weighted by Gasteiger charge is 2.23. The van der Waals surface area contributed by atoms with Crippen molar-refractivity contribution in [1.29, 1.82) is 0 Å². The second kappa shape index (κ2) is 7.04. The van der Waals surface area contributed by atoms with Crippen molar-refractivity contribution in [3.63, 3.8) is 0 Å². The molecule has 1 aliphatic rings. The van der Waals surface area contributed by atoms with Crippen LogP contribution in [0.1, 0.15) is 35.2 Å². The van der Waals surface area contributed by atoms with Gasteiger partial charge in [-0.3, -0.25) is 9.59 Å². The van der Waals surface area contributed by atoms with Crippen molar-refractivity contribution in [2.45, 2.75) is 31.7 Å². The number of aryl methyl sites for hydroxylation is 1. The molecule has 0 atom stereocenters. The summed E-state index contributed by atoms with van der Waals surface area (Å²) in [4.78, 5) is 27.6. The van der Waals surface area contributed by atoms with Gasteiger partial charge in [-0.25, -0.2) is 0 Å². The van der Waals surface area contributed by atoms with E-state index in [1.54, 1.807) is 24.3 Å². The monoisotopic (exact) mass is 347 g/mol. The second-order valence-electron chi connectivity index (χ2n) is 6.74. The van der Waals surface area contributed by atoms with E-state index >= 15 is 0 Å². The number of rotatable bonds is 6. The fraction of sp³-hybridized carbons (Fsp3) is 0.238. The number of para-hydroxylation sites is 1. The van der Waals surface area contributed by atoms with Crippen LogP contribution in [0.2, 0.25) is 0 Å². The minimum absolute atomic E-state index is 0.0602. The molecule has 1 aliphatic carbocycles. The molecule has 0 aliphatic heterocycles. The van der Waals surface area contributed by atoms with Crippen molar-refractivity contribution >= 4 is 28.4 Å². The highest BCUT2D eigenvalue weighted by atomic mass is 16.2. The number of benzene rings is 2. The molecule has 0 bridgehead atoms. The van der Waals surface area contributed by atoms with Crippen molar-refractivity contribution < 1.29 is 9.59 Å². The third-order valence-electron chi connectivity index (χ3n) is 4.62. The Morgan fingerprint density at radius 2 is 1.92 bits per heavy atom. The maximum atomic E-state index is 12.3. The summed E-state index contributed by atoms with van der Waals surface area (Å²) in [6.07, 6.45) is 5.12.